The predicted molar refractivity (Wildman–Crippen MR) is 131 cm³/mol. The summed E-state index contributed by atoms with van der Waals surface area (Å²) in [5.74, 6) is -2.74. The molecule has 0 radical (unpaired) electrons. The van der Waals surface area contributed by atoms with Crippen LogP contribution in [-0.2, 0) is 23.9 Å². The van der Waals surface area contributed by atoms with Gasteiger partial charge in [-0.25, -0.2) is 0 Å². The lowest BCUT2D eigenvalue weighted by Crippen LogP contribution is -2.62. The van der Waals surface area contributed by atoms with Gasteiger partial charge in [0.25, 0.3) is 0 Å². The van der Waals surface area contributed by atoms with Crippen molar-refractivity contribution in [3.8, 4) is 0 Å². The molecule has 192 valence electrons. The van der Waals surface area contributed by atoms with Crippen LogP contribution in [0.3, 0.4) is 0 Å². The molecule has 0 aromatic carbocycles. The number of aliphatic hydroxyl groups excluding tert-OH is 1. The zero-order valence-electron chi connectivity index (χ0n) is 21.1. The largest absolute Gasteiger partial charge is 0.466 e. The number of likely N-dealkylation sites (tertiary alicyclic amines) is 1. The average Bonchev–Trinajstić information content (AvgIpc) is 3.35. The number of hydrogen-bond acceptors (Lipinski definition) is 6. The Morgan fingerprint density at radius 2 is 2.06 bits per heavy atom. The molecule has 2 bridgehead atoms. The van der Waals surface area contributed by atoms with E-state index in [4.69, 9.17) is 9.47 Å². The second-order valence-corrected chi connectivity index (χ2v) is 11.9. The highest BCUT2D eigenvalue weighted by Crippen LogP contribution is 2.61. The van der Waals surface area contributed by atoms with Gasteiger partial charge in [0, 0.05) is 16.9 Å². The van der Waals surface area contributed by atoms with E-state index >= 15 is 0 Å². The SMILES string of the molecule is C=CCN(C(=O)[C@H]1N([C@@H](CO)[C@@H](C)CC)C(=O)[C@@H]2[C@@H](C(=O)OCC)[C@@H]3O[C@@]21CC3Br)C(C)(C)C. The Kier molecular flexibility index (Phi) is 7.90. The lowest BCUT2D eigenvalue weighted by molar-refractivity contribution is -0.158. The number of nitrogens with zero attached hydrogens (tertiary/aromatic N) is 2. The molecule has 3 aliphatic heterocycles. The van der Waals surface area contributed by atoms with Gasteiger partial charge in [0.2, 0.25) is 11.8 Å². The van der Waals surface area contributed by atoms with E-state index in [1.54, 1.807) is 17.9 Å². The highest BCUT2D eigenvalue weighted by atomic mass is 79.9. The van der Waals surface area contributed by atoms with Crippen molar-refractivity contribution in [2.45, 2.75) is 88.5 Å². The third-order valence-corrected chi connectivity index (χ3v) is 8.60. The number of esters is 1. The van der Waals surface area contributed by atoms with Crippen LogP contribution in [-0.4, -0.2) is 86.6 Å². The van der Waals surface area contributed by atoms with E-state index in [0.29, 0.717) is 13.0 Å². The van der Waals surface area contributed by atoms with E-state index in [-0.39, 0.29) is 35.8 Å². The highest BCUT2D eigenvalue weighted by Gasteiger charge is 2.77. The summed E-state index contributed by atoms with van der Waals surface area (Å²) >= 11 is 3.65. The predicted octanol–water partition coefficient (Wildman–Crippen LogP) is 2.52. The van der Waals surface area contributed by atoms with E-state index in [1.807, 2.05) is 34.6 Å². The van der Waals surface area contributed by atoms with Gasteiger partial charge in [0.05, 0.1) is 37.2 Å². The van der Waals surface area contributed by atoms with E-state index in [2.05, 4.69) is 22.5 Å². The standard InChI is InChI=1S/C25H39BrN2O6/c1-8-11-27(24(5,6)7)22(31)20-25-12-15(26)19(34-25)17(23(32)33-10-3)18(25)21(30)28(20)16(13-29)14(4)9-2/h8,14-20,29H,1,9-13H2,2-7H3/t14-,15?,16-,17+,18-,19+,20+,25-/m0/s1. The van der Waals surface area contributed by atoms with Gasteiger partial charge in [-0.3, -0.25) is 14.4 Å². The second-order valence-electron chi connectivity index (χ2n) is 10.7. The first-order valence-electron chi connectivity index (χ1n) is 12.2. The number of rotatable bonds is 9. The van der Waals surface area contributed by atoms with Gasteiger partial charge in [0.1, 0.15) is 11.6 Å². The first kappa shape index (κ1) is 27.1. The normalized spacial score (nSPS) is 34.1. The van der Waals surface area contributed by atoms with Gasteiger partial charge in [0.15, 0.2) is 0 Å². The van der Waals surface area contributed by atoms with Crippen molar-refractivity contribution >= 4 is 33.7 Å². The quantitative estimate of drug-likeness (QED) is 0.273. The van der Waals surface area contributed by atoms with Crippen LogP contribution in [0.1, 0.15) is 54.4 Å². The van der Waals surface area contributed by atoms with Crippen molar-refractivity contribution in [1.82, 2.24) is 9.80 Å². The third kappa shape index (κ3) is 4.11. The Morgan fingerprint density at radius 1 is 1.41 bits per heavy atom. The summed E-state index contributed by atoms with van der Waals surface area (Å²) in [6.07, 6.45) is 2.25. The molecule has 1 unspecified atom stereocenters. The minimum Gasteiger partial charge on any atom is -0.466 e. The van der Waals surface area contributed by atoms with Crippen molar-refractivity contribution in [3.63, 3.8) is 0 Å². The maximum absolute atomic E-state index is 14.3. The van der Waals surface area contributed by atoms with Crippen molar-refractivity contribution in [3.05, 3.63) is 12.7 Å². The molecule has 3 aliphatic rings. The Balaban J connectivity index is 2.18. The first-order valence-corrected chi connectivity index (χ1v) is 13.2. The molecule has 0 aliphatic carbocycles. The molecule has 1 spiro atoms. The van der Waals surface area contributed by atoms with E-state index in [9.17, 15) is 19.5 Å². The van der Waals surface area contributed by atoms with Crippen LogP contribution < -0.4 is 0 Å². The van der Waals surface area contributed by atoms with Gasteiger partial charge in [-0.1, -0.05) is 42.3 Å². The lowest BCUT2D eigenvalue weighted by atomic mass is 9.70. The number of aliphatic hydroxyl groups is 1. The number of hydrogen-bond donors (Lipinski definition) is 1. The average molecular weight is 543 g/mol. The maximum Gasteiger partial charge on any atom is 0.312 e. The molecule has 3 heterocycles. The summed E-state index contributed by atoms with van der Waals surface area (Å²) in [6, 6.07) is -1.53. The van der Waals surface area contributed by atoms with Crippen LogP contribution >= 0.6 is 15.9 Å². The Labute approximate surface area is 211 Å². The summed E-state index contributed by atoms with van der Waals surface area (Å²) in [5, 5.41) is 10.4. The lowest BCUT2D eigenvalue weighted by Gasteiger charge is -2.44. The Bertz CT molecular complexity index is 829. The van der Waals surface area contributed by atoms with Gasteiger partial charge in [-0.2, -0.15) is 0 Å². The second kappa shape index (κ2) is 9.90. The minimum absolute atomic E-state index is 0.0556. The molecule has 9 heteroatoms. The summed E-state index contributed by atoms with van der Waals surface area (Å²) in [6.45, 7) is 15.5. The summed E-state index contributed by atoms with van der Waals surface area (Å²) in [7, 11) is 0. The number of carbonyl (C=O) groups is 3. The molecule has 3 rings (SSSR count). The zero-order chi connectivity index (χ0) is 25.6. The molecule has 8 atom stereocenters. The smallest absolute Gasteiger partial charge is 0.312 e. The summed E-state index contributed by atoms with van der Waals surface area (Å²) in [4.78, 5) is 44.4. The van der Waals surface area contributed by atoms with Gasteiger partial charge in [-0.05, 0) is 40.0 Å². The molecule has 3 fully saturated rings. The van der Waals surface area contributed by atoms with Crippen LogP contribution in [0.2, 0.25) is 0 Å². The van der Waals surface area contributed by atoms with E-state index in [1.165, 1.54) is 4.90 Å². The fraction of sp³-hybridized carbons (Fsp3) is 0.800. The zero-order valence-corrected chi connectivity index (χ0v) is 22.7. The van der Waals surface area contributed by atoms with E-state index < -0.39 is 47.1 Å². The number of carbonyl (C=O) groups excluding carboxylic acids is 3. The minimum atomic E-state index is -1.17. The molecule has 3 saturated heterocycles. The fourth-order valence-electron chi connectivity index (χ4n) is 6.00. The monoisotopic (exact) mass is 542 g/mol. The van der Waals surface area contributed by atoms with Gasteiger partial charge >= 0.3 is 5.97 Å². The number of amides is 2. The third-order valence-electron chi connectivity index (χ3n) is 7.75. The van der Waals surface area contributed by atoms with Crippen LogP contribution in [0.25, 0.3) is 0 Å². The van der Waals surface area contributed by atoms with Crippen LogP contribution in [0.15, 0.2) is 12.7 Å². The van der Waals surface area contributed by atoms with E-state index in [0.717, 1.165) is 6.42 Å². The van der Waals surface area contributed by atoms with Crippen molar-refractivity contribution in [1.29, 1.82) is 0 Å². The first-order chi connectivity index (χ1) is 15.9. The number of halogens is 1. The van der Waals surface area contributed by atoms with Crippen LogP contribution in [0.5, 0.6) is 0 Å². The molecular formula is C25H39BrN2O6. The molecule has 8 nitrogen and oxygen atoms in total. The fourth-order valence-corrected chi connectivity index (χ4v) is 6.94. The molecule has 0 saturated carbocycles. The molecule has 1 N–H and O–H groups in total. The molecular weight excluding hydrogens is 504 g/mol. The maximum atomic E-state index is 14.3. The molecule has 34 heavy (non-hydrogen) atoms. The highest BCUT2D eigenvalue weighted by molar-refractivity contribution is 9.09. The molecule has 0 aromatic heterocycles. The Morgan fingerprint density at radius 3 is 2.56 bits per heavy atom. The van der Waals surface area contributed by atoms with Crippen LogP contribution in [0, 0.1) is 17.8 Å². The summed E-state index contributed by atoms with van der Waals surface area (Å²) < 4.78 is 11.8. The topological polar surface area (TPSA) is 96.4 Å². The number of alkyl halides is 1. The molecule has 2 amide bonds. The van der Waals surface area contributed by atoms with Gasteiger partial charge < -0.3 is 24.4 Å². The van der Waals surface area contributed by atoms with Crippen LogP contribution in [0.4, 0.5) is 0 Å². The number of ether oxygens (including phenoxy) is 2. The van der Waals surface area contributed by atoms with Crippen molar-refractivity contribution < 1.29 is 29.0 Å². The summed E-state index contributed by atoms with van der Waals surface area (Å²) in [5.41, 5.74) is -1.71. The van der Waals surface area contributed by atoms with Crippen molar-refractivity contribution in [2.24, 2.45) is 17.8 Å². The number of fused-ring (bicyclic) bond motifs is 1. The van der Waals surface area contributed by atoms with Crippen molar-refractivity contribution in [2.75, 3.05) is 19.8 Å². The Hall–Kier alpha value is -1.45. The molecule has 0 aromatic rings. The van der Waals surface area contributed by atoms with Gasteiger partial charge in [-0.15, -0.1) is 6.58 Å².